The van der Waals surface area contributed by atoms with Crippen LogP contribution < -0.4 is 0 Å². The Morgan fingerprint density at radius 1 is 1.43 bits per heavy atom. The maximum Gasteiger partial charge on any atom is 0.144 e. The minimum Gasteiger partial charge on any atom is -0.361 e. The SMILES string of the molecule is CSc1c(Br)cnc2c1c(I)cn2COCC[Si](C)(C)C. The number of thioether (sulfide) groups is 1. The van der Waals surface area contributed by atoms with Gasteiger partial charge in [0.1, 0.15) is 12.4 Å². The van der Waals surface area contributed by atoms with Crippen molar-refractivity contribution in [2.24, 2.45) is 0 Å². The maximum absolute atomic E-state index is 5.86. The lowest BCUT2D eigenvalue weighted by Crippen LogP contribution is -2.22. The van der Waals surface area contributed by atoms with Crippen molar-refractivity contribution in [1.82, 2.24) is 9.55 Å². The topological polar surface area (TPSA) is 27.1 Å². The van der Waals surface area contributed by atoms with Gasteiger partial charge < -0.3 is 9.30 Å². The quantitative estimate of drug-likeness (QED) is 0.230. The third-order valence-corrected chi connectivity index (χ3v) is 7.40. The zero-order valence-electron chi connectivity index (χ0n) is 12.7. The Morgan fingerprint density at radius 2 is 2.14 bits per heavy atom. The lowest BCUT2D eigenvalue weighted by Gasteiger charge is -2.15. The van der Waals surface area contributed by atoms with Crippen LogP contribution in [-0.2, 0) is 11.5 Å². The zero-order valence-corrected chi connectivity index (χ0v) is 18.3. The molecule has 2 aromatic rings. The van der Waals surface area contributed by atoms with Crippen LogP contribution in [0.5, 0.6) is 0 Å². The van der Waals surface area contributed by atoms with Crippen LogP contribution in [-0.4, -0.2) is 30.5 Å². The molecule has 0 saturated carbocycles. The number of hydrogen-bond acceptors (Lipinski definition) is 3. The van der Waals surface area contributed by atoms with Gasteiger partial charge in [0.25, 0.3) is 0 Å². The number of ether oxygens (including phenoxy) is 1. The van der Waals surface area contributed by atoms with Crippen molar-refractivity contribution in [1.29, 1.82) is 0 Å². The Kier molecular flexibility index (Phi) is 6.21. The van der Waals surface area contributed by atoms with E-state index in [9.17, 15) is 0 Å². The molecule has 21 heavy (non-hydrogen) atoms. The van der Waals surface area contributed by atoms with Crippen LogP contribution in [0.3, 0.4) is 0 Å². The fraction of sp³-hybridized carbons (Fsp3) is 0.500. The highest BCUT2D eigenvalue weighted by atomic mass is 127. The molecule has 2 aromatic heterocycles. The van der Waals surface area contributed by atoms with Crippen LogP contribution in [0.2, 0.25) is 25.7 Å². The number of halogens is 2. The van der Waals surface area contributed by atoms with Crippen molar-refractivity contribution in [3.63, 3.8) is 0 Å². The van der Waals surface area contributed by atoms with Gasteiger partial charge in [-0.15, -0.1) is 11.8 Å². The molecule has 0 saturated heterocycles. The zero-order chi connectivity index (χ0) is 15.6. The normalized spacial score (nSPS) is 12.3. The Bertz CT molecular complexity index is 642. The van der Waals surface area contributed by atoms with Crippen molar-refractivity contribution in [3.8, 4) is 0 Å². The summed E-state index contributed by atoms with van der Waals surface area (Å²) < 4.78 is 10.2. The van der Waals surface area contributed by atoms with E-state index < -0.39 is 8.07 Å². The first-order chi connectivity index (χ1) is 9.83. The summed E-state index contributed by atoms with van der Waals surface area (Å²) in [5.41, 5.74) is 1.000. The van der Waals surface area contributed by atoms with E-state index in [-0.39, 0.29) is 0 Å². The minimum atomic E-state index is -1.03. The van der Waals surface area contributed by atoms with Crippen LogP contribution in [0.15, 0.2) is 21.8 Å². The molecule has 0 aliphatic heterocycles. The molecular weight excluding hydrogens is 479 g/mol. The van der Waals surface area contributed by atoms with Crippen LogP contribution in [0, 0.1) is 3.57 Å². The fourth-order valence-corrected chi connectivity index (χ4v) is 5.22. The van der Waals surface area contributed by atoms with Crippen LogP contribution >= 0.6 is 50.3 Å². The number of pyridine rings is 1. The van der Waals surface area contributed by atoms with Gasteiger partial charge >= 0.3 is 0 Å². The second-order valence-electron chi connectivity index (χ2n) is 6.13. The van der Waals surface area contributed by atoms with E-state index in [1.165, 1.54) is 19.9 Å². The molecule has 0 bridgehead atoms. The molecule has 0 aromatic carbocycles. The molecule has 0 unspecified atom stereocenters. The molecule has 0 aliphatic rings. The van der Waals surface area contributed by atoms with Gasteiger partial charge in [0.05, 0.1) is 4.47 Å². The Labute approximate surface area is 153 Å². The van der Waals surface area contributed by atoms with Gasteiger partial charge in [-0.3, -0.25) is 0 Å². The van der Waals surface area contributed by atoms with E-state index in [4.69, 9.17) is 4.74 Å². The summed E-state index contributed by atoms with van der Waals surface area (Å²) in [6, 6.07) is 1.19. The smallest absolute Gasteiger partial charge is 0.144 e. The van der Waals surface area contributed by atoms with E-state index in [2.05, 4.69) is 80.2 Å². The molecule has 7 heteroatoms. The standard InChI is InChI=1S/C14H20BrIN2OSSi/c1-20-13-10(15)7-17-14-12(13)11(16)8-18(14)9-19-5-6-21(2,3)4/h7-8H,5-6,9H2,1-4H3. The minimum absolute atomic E-state index is 0.576. The Hall–Kier alpha value is 0.427. The van der Waals surface area contributed by atoms with Crippen LogP contribution in [0.25, 0.3) is 11.0 Å². The lowest BCUT2D eigenvalue weighted by atomic mass is 10.3. The first-order valence-corrected chi connectivity index (χ1v) is 13.6. The largest absolute Gasteiger partial charge is 0.361 e. The molecule has 0 N–H and O–H groups in total. The average Bonchev–Trinajstić information content (AvgIpc) is 2.71. The van der Waals surface area contributed by atoms with Crippen LogP contribution in [0.4, 0.5) is 0 Å². The molecule has 0 fully saturated rings. The van der Waals surface area contributed by atoms with Crippen molar-refractivity contribution in [2.75, 3.05) is 12.9 Å². The van der Waals surface area contributed by atoms with Gasteiger partial charge in [0.2, 0.25) is 0 Å². The van der Waals surface area contributed by atoms with Crippen molar-refractivity contribution >= 4 is 69.4 Å². The number of nitrogens with zero attached hydrogens (tertiary/aromatic N) is 2. The van der Waals surface area contributed by atoms with Gasteiger partial charge in [0, 0.05) is 40.9 Å². The van der Waals surface area contributed by atoms with Crippen molar-refractivity contribution in [3.05, 3.63) is 20.4 Å². The lowest BCUT2D eigenvalue weighted by molar-refractivity contribution is 0.0898. The van der Waals surface area contributed by atoms with Gasteiger partial charge in [-0.25, -0.2) is 4.98 Å². The average molecular weight is 499 g/mol. The monoisotopic (exact) mass is 498 g/mol. The number of hydrogen-bond donors (Lipinski definition) is 0. The van der Waals surface area contributed by atoms with E-state index in [0.29, 0.717) is 6.73 Å². The van der Waals surface area contributed by atoms with Gasteiger partial charge in [-0.1, -0.05) is 19.6 Å². The van der Waals surface area contributed by atoms with Gasteiger partial charge in [-0.05, 0) is 50.8 Å². The second-order valence-corrected chi connectivity index (χ2v) is 14.6. The molecule has 2 heterocycles. The van der Waals surface area contributed by atoms with E-state index >= 15 is 0 Å². The second kappa shape index (κ2) is 7.33. The summed E-state index contributed by atoms with van der Waals surface area (Å²) in [6.07, 6.45) is 6.10. The molecule has 2 rings (SSSR count). The maximum atomic E-state index is 5.86. The molecule has 0 radical (unpaired) electrons. The summed E-state index contributed by atoms with van der Waals surface area (Å²) in [5, 5.41) is 1.21. The fourth-order valence-electron chi connectivity index (χ4n) is 2.00. The van der Waals surface area contributed by atoms with E-state index in [1.54, 1.807) is 11.8 Å². The van der Waals surface area contributed by atoms with Crippen molar-refractivity contribution < 1.29 is 4.74 Å². The summed E-state index contributed by atoms with van der Waals surface area (Å²) in [7, 11) is -1.03. The summed E-state index contributed by atoms with van der Waals surface area (Å²) in [4.78, 5) is 5.81. The molecule has 116 valence electrons. The third kappa shape index (κ3) is 4.46. The summed E-state index contributed by atoms with van der Waals surface area (Å²) in [5.74, 6) is 0. The van der Waals surface area contributed by atoms with Gasteiger partial charge in [0.15, 0.2) is 0 Å². The Morgan fingerprint density at radius 3 is 2.76 bits per heavy atom. The van der Waals surface area contributed by atoms with E-state index in [1.807, 2.05) is 6.20 Å². The predicted octanol–water partition coefficient (Wildman–Crippen LogP) is 5.44. The summed E-state index contributed by atoms with van der Waals surface area (Å²) >= 11 is 7.70. The molecular formula is C14H20BrIN2OSSi. The van der Waals surface area contributed by atoms with Crippen LogP contribution in [0.1, 0.15) is 0 Å². The number of aromatic nitrogens is 2. The molecule has 0 spiro atoms. The van der Waals surface area contributed by atoms with Crippen molar-refractivity contribution in [2.45, 2.75) is 37.3 Å². The number of fused-ring (bicyclic) bond motifs is 1. The highest BCUT2D eigenvalue weighted by molar-refractivity contribution is 14.1. The molecule has 0 aliphatic carbocycles. The molecule has 0 amide bonds. The molecule has 3 nitrogen and oxygen atoms in total. The summed E-state index contributed by atoms with van der Waals surface area (Å²) in [6.45, 7) is 8.51. The van der Waals surface area contributed by atoms with Gasteiger partial charge in [-0.2, -0.15) is 0 Å². The highest BCUT2D eigenvalue weighted by Crippen LogP contribution is 2.35. The number of rotatable bonds is 6. The first-order valence-electron chi connectivity index (χ1n) is 6.78. The third-order valence-electron chi connectivity index (χ3n) is 3.18. The molecule has 0 atom stereocenters. The Balaban J connectivity index is 2.18. The highest BCUT2D eigenvalue weighted by Gasteiger charge is 2.15. The van der Waals surface area contributed by atoms with E-state index in [0.717, 1.165) is 16.7 Å². The predicted molar refractivity (Wildman–Crippen MR) is 106 cm³/mol. The first kappa shape index (κ1) is 17.8.